The van der Waals surface area contributed by atoms with E-state index in [-0.39, 0.29) is 18.4 Å². The lowest BCUT2D eigenvalue weighted by Gasteiger charge is -2.16. The van der Waals surface area contributed by atoms with Gasteiger partial charge in [0.15, 0.2) is 0 Å². The molecule has 10 nitrogen and oxygen atoms in total. The monoisotopic (exact) mass is 530 g/mol. The van der Waals surface area contributed by atoms with Gasteiger partial charge in [-0.3, -0.25) is 4.79 Å². The number of ether oxygens (including phenoxy) is 3. The standard InChI is InChI=1S/C29H30N4O6/c1-17-25(36-3)13-23(14-26(17)37-4)28(34)31-16-22-11-10-21(27-32-18(2)39-33-27)12-24(22)30-15-19-6-8-20(9-7-19)29(35)38-5/h6-14,30H,15-16H2,1-5H3,(H,31,34). The molecule has 0 saturated carbocycles. The van der Waals surface area contributed by atoms with Gasteiger partial charge < -0.3 is 29.4 Å². The molecule has 0 radical (unpaired) electrons. The lowest BCUT2D eigenvalue weighted by Crippen LogP contribution is -2.23. The lowest BCUT2D eigenvalue weighted by atomic mass is 10.1. The summed E-state index contributed by atoms with van der Waals surface area (Å²) in [5, 5.41) is 10.4. The summed E-state index contributed by atoms with van der Waals surface area (Å²) in [5.41, 5.74) is 5.07. The van der Waals surface area contributed by atoms with Crippen LogP contribution in [0.3, 0.4) is 0 Å². The quantitative estimate of drug-likeness (QED) is 0.281. The van der Waals surface area contributed by atoms with Crippen LogP contribution in [-0.4, -0.2) is 43.3 Å². The van der Waals surface area contributed by atoms with Crippen LogP contribution in [0.1, 0.15) is 43.3 Å². The van der Waals surface area contributed by atoms with Crippen LogP contribution in [0.15, 0.2) is 59.1 Å². The van der Waals surface area contributed by atoms with Gasteiger partial charge in [0, 0.05) is 42.4 Å². The molecule has 1 heterocycles. The van der Waals surface area contributed by atoms with Crippen molar-refractivity contribution in [2.75, 3.05) is 26.6 Å². The predicted molar refractivity (Wildman–Crippen MR) is 145 cm³/mol. The van der Waals surface area contributed by atoms with E-state index >= 15 is 0 Å². The molecule has 1 amide bonds. The topological polar surface area (TPSA) is 125 Å². The molecule has 0 bridgehead atoms. The fraction of sp³-hybridized carbons (Fsp3) is 0.241. The number of carbonyl (C=O) groups is 2. The van der Waals surface area contributed by atoms with E-state index in [0.29, 0.717) is 40.9 Å². The maximum atomic E-state index is 13.0. The summed E-state index contributed by atoms with van der Waals surface area (Å²) >= 11 is 0. The highest BCUT2D eigenvalue weighted by molar-refractivity contribution is 5.95. The third kappa shape index (κ3) is 6.35. The van der Waals surface area contributed by atoms with Gasteiger partial charge in [0.05, 0.1) is 26.9 Å². The van der Waals surface area contributed by atoms with E-state index in [4.69, 9.17) is 18.7 Å². The predicted octanol–water partition coefficient (Wildman–Crippen LogP) is 4.70. The van der Waals surface area contributed by atoms with Crippen molar-refractivity contribution in [3.8, 4) is 22.9 Å². The van der Waals surface area contributed by atoms with E-state index in [1.807, 2.05) is 37.3 Å². The normalized spacial score (nSPS) is 10.6. The van der Waals surface area contributed by atoms with Gasteiger partial charge in [0.2, 0.25) is 11.7 Å². The van der Waals surface area contributed by atoms with Gasteiger partial charge in [0.1, 0.15) is 11.5 Å². The number of aryl methyl sites for hydroxylation is 1. The van der Waals surface area contributed by atoms with Crippen LogP contribution in [0, 0.1) is 13.8 Å². The molecule has 0 atom stereocenters. The number of esters is 1. The molecule has 3 aromatic carbocycles. The number of hydrogen-bond acceptors (Lipinski definition) is 9. The van der Waals surface area contributed by atoms with Gasteiger partial charge >= 0.3 is 5.97 Å². The van der Waals surface area contributed by atoms with E-state index in [1.54, 1.807) is 45.4 Å². The molecule has 0 aliphatic carbocycles. The Morgan fingerprint density at radius 2 is 1.56 bits per heavy atom. The highest BCUT2D eigenvalue weighted by Gasteiger charge is 2.15. The SMILES string of the molecule is COC(=O)c1ccc(CNc2cc(-c3noc(C)n3)ccc2CNC(=O)c2cc(OC)c(C)c(OC)c2)cc1. The minimum atomic E-state index is -0.389. The van der Waals surface area contributed by atoms with Gasteiger partial charge in [0.25, 0.3) is 5.91 Å². The number of hydrogen-bond donors (Lipinski definition) is 2. The minimum absolute atomic E-state index is 0.256. The first-order valence-electron chi connectivity index (χ1n) is 12.2. The second-order valence-electron chi connectivity index (χ2n) is 8.74. The van der Waals surface area contributed by atoms with Gasteiger partial charge in [-0.1, -0.05) is 29.4 Å². The van der Waals surface area contributed by atoms with Crippen molar-refractivity contribution in [3.05, 3.63) is 88.3 Å². The van der Waals surface area contributed by atoms with Gasteiger partial charge in [-0.2, -0.15) is 4.98 Å². The number of nitrogens with zero attached hydrogens (tertiary/aromatic N) is 2. The summed E-state index contributed by atoms with van der Waals surface area (Å²) in [4.78, 5) is 29.1. The second-order valence-corrected chi connectivity index (χ2v) is 8.74. The molecule has 0 saturated heterocycles. The molecule has 0 aliphatic rings. The van der Waals surface area contributed by atoms with E-state index in [1.165, 1.54) is 7.11 Å². The number of methoxy groups -OCH3 is 3. The molecule has 4 aromatic rings. The van der Waals surface area contributed by atoms with Crippen LogP contribution < -0.4 is 20.1 Å². The van der Waals surface area contributed by atoms with Crippen molar-refractivity contribution in [1.82, 2.24) is 15.5 Å². The van der Waals surface area contributed by atoms with E-state index in [0.717, 1.165) is 27.9 Å². The third-order valence-corrected chi connectivity index (χ3v) is 6.21. The van der Waals surface area contributed by atoms with Crippen LogP contribution in [0.25, 0.3) is 11.4 Å². The zero-order chi connectivity index (χ0) is 27.9. The first-order chi connectivity index (χ1) is 18.8. The molecule has 0 aliphatic heterocycles. The average molecular weight is 531 g/mol. The number of amides is 1. The van der Waals surface area contributed by atoms with Crippen molar-refractivity contribution >= 4 is 17.6 Å². The largest absolute Gasteiger partial charge is 0.496 e. The van der Waals surface area contributed by atoms with Crippen molar-refractivity contribution in [3.63, 3.8) is 0 Å². The number of anilines is 1. The Bertz CT molecular complexity index is 1450. The average Bonchev–Trinajstić information content (AvgIpc) is 3.41. The Kier molecular flexibility index (Phi) is 8.45. The first-order valence-corrected chi connectivity index (χ1v) is 12.2. The number of benzene rings is 3. The Hall–Kier alpha value is -4.86. The second kappa shape index (κ2) is 12.1. The van der Waals surface area contributed by atoms with Crippen LogP contribution in [0.5, 0.6) is 11.5 Å². The number of rotatable bonds is 10. The maximum Gasteiger partial charge on any atom is 0.337 e. The lowest BCUT2D eigenvalue weighted by molar-refractivity contribution is 0.0600. The molecule has 202 valence electrons. The minimum Gasteiger partial charge on any atom is -0.496 e. The molecule has 10 heteroatoms. The van der Waals surface area contributed by atoms with Crippen LogP contribution >= 0.6 is 0 Å². The van der Waals surface area contributed by atoms with E-state index in [2.05, 4.69) is 20.8 Å². The molecular weight excluding hydrogens is 500 g/mol. The van der Waals surface area contributed by atoms with E-state index in [9.17, 15) is 9.59 Å². The smallest absolute Gasteiger partial charge is 0.337 e. The number of carbonyl (C=O) groups excluding carboxylic acids is 2. The summed E-state index contributed by atoms with van der Waals surface area (Å²) in [6, 6.07) is 16.2. The number of nitrogens with one attached hydrogen (secondary N) is 2. The van der Waals surface area contributed by atoms with Crippen LogP contribution in [-0.2, 0) is 17.8 Å². The highest BCUT2D eigenvalue weighted by atomic mass is 16.5. The Labute approximate surface area is 226 Å². The first kappa shape index (κ1) is 27.2. The van der Waals surface area contributed by atoms with E-state index < -0.39 is 0 Å². The molecule has 0 fully saturated rings. The van der Waals surface area contributed by atoms with Crippen molar-refractivity contribution in [1.29, 1.82) is 0 Å². The van der Waals surface area contributed by atoms with Crippen molar-refractivity contribution in [2.45, 2.75) is 26.9 Å². The summed E-state index contributed by atoms with van der Waals surface area (Å²) in [7, 11) is 4.45. The number of aromatic nitrogens is 2. The summed E-state index contributed by atoms with van der Waals surface area (Å²) < 4.78 is 20.7. The van der Waals surface area contributed by atoms with Gasteiger partial charge in [-0.05, 0) is 48.4 Å². The molecule has 0 spiro atoms. The highest BCUT2D eigenvalue weighted by Crippen LogP contribution is 2.30. The molecule has 2 N–H and O–H groups in total. The fourth-order valence-corrected chi connectivity index (χ4v) is 4.02. The fourth-order valence-electron chi connectivity index (χ4n) is 4.02. The summed E-state index contributed by atoms with van der Waals surface area (Å²) in [6.45, 7) is 4.33. The third-order valence-electron chi connectivity index (χ3n) is 6.21. The van der Waals surface area contributed by atoms with Crippen molar-refractivity contribution in [2.24, 2.45) is 0 Å². The maximum absolute atomic E-state index is 13.0. The Morgan fingerprint density at radius 1 is 0.872 bits per heavy atom. The molecule has 39 heavy (non-hydrogen) atoms. The van der Waals surface area contributed by atoms with Crippen LogP contribution in [0.4, 0.5) is 5.69 Å². The zero-order valence-corrected chi connectivity index (χ0v) is 22.5. The molecule has 0 unspecified atom stereocenters. The van der Waals surface area contributed by atoms with Crippen molar-refractivity contribution < 1.29 is 28.3 Å². The summed E-state index contributed by atoms with van der Waals surface area (Å²) in [6.07, 6.45) is 0. The van der Waals surface area contributed by atoms with Gasteiger partial charge in [-0.15, -0.1) is 0 Å². The van der Waals surface area contributed by atoms with Gasteiger partial charge in [-0.25, -0.2) is 4.79 Å². The zero-order valence-electron chi connectivity index (χ0n) is 22.5. The molecular formula is C29H30N4O6. The summed E-state index contributed by atoms with van der Waals surface area (Å²) in [5.74, 6) is 1.41. The molecule has 1 aromatic heterocycles. The Morgan fingerprint density at radius 3 is 2.15 bits per heavy atom. The molecule has 4 rings (SSSR count). The Balaban J connectivity index is 1.55. The van der Waals surface area contributed by atoms with Crippen LogP contribution in [0.2, 0.25) is 0 Å².